The van der Waals surface area contributed by atoms with Crippen molar-refractivity contribution >= 4 is 19.7 Å². The van der Waals surface area contributed by atoms with Crippen molar-refractivity contribution in [2.75, 3.05) is 0 Å². The molecule has 92 valence electrons. The summed E-state index contributed by atoms with van der Waals surface area (Å²) in [6, 6.07) is 10.9. The third kappa shape index (κ3) is 2.53. The maximum Gasteiger partial charge on any atom is 0.279 e. The van der Waals surface area contributed by atoms with Gasteiger partial charge in [-0.05, 0) is 5.56 Å². The van der Waals surface area contributed by atoms with Crippen molar-refractivity contribution in [3.8, 4) is 6.07 Å². The van der Waals surface area contributed by atoms with Crippen LogP contribution in [0.1, 0.15) is 11.1 Å². The molecule has 2 rings (SSSR count). The van der Waals surface area contributed by atoms with E-state index in [-0.39, 0.29) is 17.1 Å². The van der Waals surface area contributed by atoms with Gasteiger partial charge in [-0.25, -0.2) is 13.1 Å². The van der Waals surface area contributed by atoms with Crippen LogP contribution in [-0.4, -0.2) is 18.2 Å². The first-order chi connectivity index (χ1) is 8.52. The zero-order valence-electron chi connectivity index (χ0n) is 9.12. The van der Waals surface area contributed by atoms with Gasteiger partial charge in [0.2, 0.25) is 0 Å². The standard InChI is InChI=1S/C11H8ClN3O2S/c12-18(16,17)11-10(6-13)7-14-15(11)8-9-4-2-1-3-5-9/h1-5,7H,8H2. The van der Waals surface area contributed by atoms with E-state index >= 15 is 0 Å². The van der Waals surface area contributed by atoms with E-state index in [0.29, 0.717) is 0 Å². The molecule has 1 aromatic carbocycles. The van der Waals surface area contributed by atoms with Crippen LogP contribution < -0.4 is 0 Å². The highest BCUT2D eigenvalue weighted by Crippen LogP contribution is 2.20. The number of rotatable bonds is 3. The van der Waals surface area contributed by atoms with E-state index in [1.165, 1.54) is 10.9 Å². The third-order valence-electron chi connectivity index (χ3n) is 2.32. The van der Waals surface area contributed by atoms with Gasteiger partial charge in [-0.1, -0.05) is 30.3 Å². The predicted octanol–water partition coefficient (Wildman–Crippen LogP) is 1.73. The molecule has 0 unspecified atom stereocenters. The van der Waals surface area contributed by atoms with Gasteiger partial charge in [0.1, 0.15) is 11.6 Å². The number of nitriles is 1. The number of nitrogens with zero attached hydrogens (tertiary/aromatic N) is 3. The van der Waals surface area contributed by atoms with Crippen LogP contribution in [-0.2, 0) is 15.6 Å². The van der Waals surface area contributed by atoms with Crippen molar-refractivity contribution in [2.24, 2.45) is 0 Å². The molecular formula is C11H8ClN3O2S. The number of hydrogen-bond acceptors (Lipinski definition) is 4. The van der Waals surface area contributed by atoms with Gasteiger partial charge in [-0.15, -0.1) is 0 Å². The number of halogens is 1. The first kappa shape index (κ1) is 12.6. The summed E-state index contributed by atoms with van der Waals surface area (Å²) in [5.41, 5.74) is 0.813. The molecule has 0 N–H and O–H groups in total. The Kier molecular flexibility index (Phi) is 3.36. The van der Waals surface area contributed by atoms with Gasteiger partial charge in [0, 0.05) is 10.7 Å². The molecule has 0 spiro atoms. The van der Waals surface area contributed by atoms with E-state index in [0.717, 1.165) is 5.56 Å². The minimum atomic E-state index is -4.00. The van der Waals surface area contributed by atoms with E-state index < -0.39 is 9.05 Å². The molecule has 1 aromatic heterocycles. The fourth-order valence-corrected chi connectivity index (χ4v) is 2.79. The molecule has 5 nitrogen and oxygen atoms in total. The Balaban J connectivity index is 2.48. The maximum atomic E-state index is 11.4. The van der Waals surface area contributed by atoms with Crippen LogP contribution in [0.5, 0.6) is 0 Å². The first-order valence-corrected chi connectivity index (χ1v) is 7.28. The highest BCUT2D eigenvalue weighted by Gasteiger charge is 2.22. The Morgan fingerprint density at radius 3 is 2.56 bits per heavy atom. The van der Waals surface area contributed by atoms with Gasteiger partial charge < -0.3 is 0 Å². The molecule has 0 fully saturated rings. The van der Waals surface area contributed by atoms with Crippen LogP contribution in [0.3, 0.4) is 0 Å². The lowest BCUT2D eigenvalue weighted by molar-refractivity contribution is 0.573. The van der Waals surface area contributed by atoms with Gasteiger partial charge in [0.15, 0.2) is 5.03 Å². The molecule has 2 aromatic rings. The van der Waals surface area contributed by atoms with E-state index in [2.05, 4.69) is 5.10 Å². The SMILES string of the molecule is N#Cc1cnn(Cc2ccccc2)c1S(=O)(=O)Cl. The second-order valence-corrected chi connectivity index (χ2v) is 6.04. The average Bonchev–Trinajstić information content (AvgIpc) is 2.73. The third-order valence-corrected chi connectivity index (χ3v) is 3.65. The van der Waals surface area contributed by atoms with Crippen LogP contribution >= 0.6 is 10.7 Å². The van der Waals surface area contributed by atoms with Crippen LogP contribution in [0.4, 0.5) is 0 Å². The van der Waals surface area contributed by atoms with Crippen molar-refractivity contribution < 1.29 is 8.42 Å². The Bertz CT molecular complexity index is 702. The molecule has 1 heterocycles. The van der Waals surface area contributed by atoms with E-state index in [1.54, 1.807) is 6.07 Å². The summed E-state index contributed by atoms with van der Waals surface area (Å²) in [5.74, 6) is 0. The molecule has 0 bridgehead atoms. The number of hydrogen-bond donors (Lipinski definition) is 0. The summed E-state index contributed by atoms with van der Waals surface area (Å²) >= 11 is 0. The quantitative estimate of drug-likeness (QED) is 0.803. The van der Waals surface area contributed by atoms with Gasteiger partial charge in [-0.2, -0.15) is 10.4 Å². The highest BCUT2D eigenvalue weighted by atomic mass is 35.7. The summed E-state index contributed by atoms with van der Waals surface area (Å²) < 4.78 is 24.1. The molecule has 0 radical (unpaired) electrons. The van der Waals surface area contributed by atoms with Crippen LogP contribution in [0.15, 0.2) is 41.6 Å². The Hall–Kier alpha value is -1.84. The predicted molar refractivity (Wildman–Crippen MR) is 65.5 cm³/mol. The molecule has 0 saturated carbocycles. The van der Waals surface area contributed by atoms with E-state index in [1.807, 2.05) is 30.3 Å². The average molecular weight is 282 g/mol. The van der Waals surface area contributed by atoms with Crippen molar-refractivity contribution in [3.05, 3.63) is 47.7 Å². The second kappa shape index (κ2) is 4.80. The summed E-state index contributed by atoms with van der Waals surface area (Å²) in [6.07, 6.45) is 1.19. The first-order valence-electron chi connectivity index (χ1n) is 4.97. The molecular weight excluding hydrogens is 274 g/mol. The summed E-state index contributed by atoms with van der Waals surface area (Å²) in [6.45, 7) is 0.240. The lowest BCUT2D eigenvalue weighted by Crippen LogP contribution is -2.09. The summed E-state index contributed by atoms with van der Waals surface area (Å²) in [5, 5.41) is 12.4. The maximum absolute atomic E-state index is 11.4. The molecule has 7 heteroatoms. The van der Waals surface area contributed by atoms with Gasteiger partial charge in [-0.3, -0.25) is 0 Å². The molecule has 0 atom stereocenters. The van der Waals surface area contributed by atoms with Gasteiger partial charge >= 0.3 is 0 Å². The zero-order valence-corrected chi connectivity index (χ0v) is 10.7. The lowest BCUT2D eigenvalue weighted by atomic mass is 10.2. The summed E-state index contributed by atoms with van der Waals surface area (Å²) in [7, 11) is 1.31. The van der Waals surface area contributed by atoms with Gasteiger partial charge in [0.05, 0.1) is 12.7 Å². The minimum absolute atomic E-state index is 0.0547. The van der Waals surface area contributed by atoms with Crippen molar-refractivity contribution in [1.82, 2.24) is 9.78 Å². The molecule has 0 aliphatic heterocycles. The van der Waals surface area contributed by atoms with Crippen LogP contribution in [0.2, 0.25) is 0 Å². The highest BCUT2D eigenvalue weighted by molar-refractivity contribution is 8.13. The van der Waals surface area contributed by atoms with Crippen LogP contribution in [0.25, 0.3) is 0 Å². The Morgan fingerprint density at radius 2 is 2.00 bits per heavy atom. The summed E-state index contributed by atoms with van der Waals surface area (Å²) in [4.78, 5) is 0. The number of aromatic nitrogens is 2. The Morgan fingerprint density at radius 1 is 1.33 bits per heavy atom. The van der Waals surface area contributed by atoms with Crippen molar-refractivity contribution in [2.45, 2.75) is 11.6 Å². The second-order valence-electron chi connectivity index (χ2n) is 3.56. The lowest BCUT2D eigenvalue weighted by Gasteiger charge is -2.05. The van der Waals surface area contributed by atoms with Crippen molar-refractivity contribution in [1.29, 1.82) is 5.26 Å². The van der Waals surface area contributed by atoms with E-state index in [4.69, 9.17) is 15.9 Å². The topological polar surface area (TPSA) is 75.8 Å². The molecule has 0 aliphatic rings. The fraction of sp³-hybridized carbons (Fsp3) is 0.0909. The molecule has 0 saturated heterocycles. The van der Waals surface area contributed by atoms with Crippen molar-refractivity contribution in [3.63, 3.8) is 0 Å². The minimum Gasteiger partial charge on any atom is -0.247 e. The molecule has 18 heavy (non-hydrogen) atoms. The van der Waals surface area contributed by atoms with Gasteiger partial charge in [0.25, 0.3) is 9.05 Å². The molecule has 0 amide bonds. The smallest absolute Gasteiger partial charge is 0.247 e. The normalized spacial score (nSPS) is 11.1. The fourth-order valence-electron chi connectivity index (χ4n) is 1.58. The molecule has 0 aliphatic carbocycles. The van der Waals surface area contributed by atoms with E-state index in [9.17, 15) is 8.42 Å². The largest absolute Gasteiger partial charge is 0.279 e. The zero-order chi connectivity index (χ0) is 13.2. The van der Waals surface area contributed by atoms with Crippen LogP contribution in [0, 0.1) is 11.3 Å². The monoisotopic (exact) mass is 281 g/mol. The number of benzene rings is 1. The Labute approximate surface area is 109 Å².